The molecule has 24 rings (SSSR count). The lowest BCUT2D eigenvalue weighted by Crippen LogP contribution is -2.05. The Kier molecular flexibility index (Phi) is 22.5. The van der Waals surface area contributed by atoms with Crippen molar-refractivity contribution in [3.8, 4) is 134 Å². The molecule has 660 valence electrons. The first-order chi connectivity index (χ1) is 67.5. The molecule has 0 aliphatic carbocycles. The molecular weight excluding hydrogens is 1730 g/mol. The number of halogens is 10. The summed E-state index contributed by atoms with van der Waals surface area (Å²) < 4.78 is 143. The standard InChI is InChI=1S/2C43H26F4.C42H26F2/c44-32-24-22-29(23-25-32)39-35-20-9-10-21-36(35)40(30-16-11-17-31(26-30)43(45,46)47)42-38(28-14-5-2-6-15-28)34-19-8-7-18-33(34)37(41(39)42)27-12-3-1-4-13-27;44-32-25-21-30(22-26-32)40-36-18-10-9-17-35(36)39(29-19-23-31(24-20-29)43(45,46)47)41-37(27-11-3-1-4-12-27)33-15-7-8-16-34(33)38(42(40)41)28-13-5-2-6-14-28;43-30-25-23-29(24-26-30)39-33-19-9-10-20-34(33)40(35-21-11-12-22-36(35)44)42-38(28-15-5-2-6-16-28)32-18-8-7-17-31(32)37(41(39)42)27-13-3-1-4-14-27/h2*1-26H;1-26H. The van der Waals surface area contributed by atoms with Gasteiger partial charge in [0, 0.05) is 11.1 Å². The minimum Gasteiger partial charge on any atom is -0.207 e. The molecule has 0 amide bonds. The Hall–Kier alpha value is -17.1. The van der Waals surface area contributed by atoms with Gasteiger partial charge in [0.15, 0.2) is 0 Å². The van der Waals surface area contributed by atoms with Crippen LogP contribution < -0.4 is 0 Å². The molecule has 0 aromatic heterocycles. The monoisotopic (exact) mass is 1800 g/mol. The zero-order chi connectivity index (χ0) is 93.9. The van der Waals surface area contributed by atoms with E-state index >= 15 is 4.39 Å². The second-order valence-corrected chi connectivity index (χ2v) is 34.4. The van der Waals surface area contributed by atoms with Crippen LogP contribution in [-0.4, -0.2) is 0 Å². The lowest BCUT2D eigenvalue weighted by molar-refractivity contribution is -0.138. The predicted octanol–water partition coefficient (Wildman–Crippen LogP) is 38.0. The first-order valence-electron chi connectivity index (χ1n) is 45.5. The van der Waals surface area contributed by atoms with E-state index in [1.165, 1.54) is 54.6 Å². The number of alkyl halides is 6. The van der Waals surface area contributed by atoms with Crippen molar-refractivity contribution in [1.29, 1.82) is 0 Å². The molecule has 0 bridgehead atoms. The van der Waals surface area contributed by atoms with Gasteiger partial charge in [-0.2, -0.15) is 26.3 Å². The molecular formula is C128H78F10. The Balaban J connectivity index is 0.000000120. The fourth-order valence-electron chi connectivity index (χ4n) is 20.8. The van der Waals surface area contributed by atoms with Crippen LogP contribution >= 0.6 is 0 Å². The fraction of sp³-hybridized carbons (Fsp3) is 0.0156. The number of benzene rings is 24. The van der Waals surface area contributed by atoms with Crippen LogP contribution in [-0.2, 0) is 12.4 Å². The molecule has 0 heterocycles. The third-order valence-electron chi connectivity index (χ3n) is 26.4. The molecule has 0 radical (unpaired) electrons. The van der Waals surface area contributed by atoms with E-state index in [-0.39, 0.29) is 23.3 Å². The Morgan fingerprint density at radius 3 is 0.529 bits per heavy atom. The van der Waals surface area contributed by atoms with Gasteiger partial charge in [0.2, 0.25) is 0 Å². The molecule has 0 saturated carbocycles. The Labute approximate surface area is 789 Å². The molecule has 0 N–H and O–H groups in total. The predicted molar refractivity (Wildman–Crippen MR) is 552 cm³/mol. The van der Waals surface area contributed by atoms with Crippen molar-refractivity contribution < 1.29 is 43.9 Å². The van der Waals surface area contributed by atoms with E-state index in [0.717, 1.165) is 226 Å². The van der Waals surface area contributed by atoms with Crippen LogP contribution in [0.15, 0.2) is 473 Å². The third kappa shape index (κ3) is 15.6. The summed E-state index contributed by atoms with van der Waals surface area (Å²) in [5.41, 5.74) is 20.1. The number of hydrogen-bond donors (Lipinski definition) is 0. The van der Waals surface area contributed by atoms with Gasteiger partial charge in [-0.25, -0.2) is 17.6 Å². The highest BCUT2D eigenvalue weighted by Crippen LogP contribution is 2.59. The molecule has 24 aromatic rings. The molecule has 24 aromatic carbocycles. The fourth-order valence-corrected chi connectivity index (χ4v) is 20.8. The largest absolute Gasteiger partial charge is 0.416 e. The van der Waals surface area contributed by atoms with Crippen molar-refractivity contribution in [3.05, 3.63) is 508 Å². The van der Waals surface area contributed by atoms with E-state index in [4.69, 9.17) is 0 Å². The van der Waals surface area contributed by atoms with Gasteiger partial charge in [0.25, 0.3) is 0 Å². The molecule has 0 fully saturated rings. The van der Waals surface area contributed by atoms with Gasteiger partial charge >= 0.3 is 12.4 Å². The summed E-state index contributed by atoms with van der Waals surface area (Å²) in [6.45, 7) is 0. The van der Waals surface area contributed by atoms with Gasteiger partial charge in [-0.1, -0.05) is 406 Å². The molecule has 0 saturated heterocycles. The van der Waals surface area contributed by atoms with Crippen LogP contribution in [0.3, 0.4) is 0 Å². The molecule has 10 heteroatoms. The van der Waals surface area contributed by atoms with Crippen LogP contribution in [0.2, 0.25) is 0 Å². The van der Waals surface area contributed by atoms with Crippen LogP contribution in [0, 0.1) is 23.3 Å². The first-order valence-corrected chi connectivity index (χ1v) is 45.5. The summed E-state index contributed by atoms with van der Waals surface area (Å²) in [4.78, 5) is 0. The zero-order valence-electron chi connectivity index (χ0n) is 73.8. The van der Waals surface area contributed by atoms with E-state index < -0.39 is 23.5 Å². The maximum absolute atomic E-state index is 16.0. The highest BCUT2D eigenvalue weighted by Gasteiger charge is 2.35. The van der Waals surface area contributed by atoms with E-state index in [0.29, 0.717) is 22.3 Å². The zero-order valence-corrected chi connectivity index (χ0v) is 73.8. The summed E-state index contributed by atoms with van der Waals surface area (Å²) in [7, 11) is 0. The highest BCUT2D eigenvalue weighted by atomic mass is 19.4. The molecule has 0 atom stereocenters. The van der Waals surface area contributed by atoms with Crippen molar-refractivity contribution in [3.63, 3.8) is 0 Å². The third-order valence-corrected chi connectivity index (χ3v) is 26.4. The van der Waals surface area contributed by atoms with Crippen molar-refractivity contribution in [2.24, 2.45) is 0 Å². The first kappa shape index (κ1) is 86.3. The van der Waals surface area contributed by atoms with E-state index in [9.17, 15) is 39.5 Å². The topological polar surface area (TPSA) is 0 Å². The molecule has 0 nitrogen and oxygen atoms in total. The van der Waals surface area contributed by atoms with Gasteiger partial charge in [0.1, 0.15) is 23.3 Å². The summed E-state index contributed by atoms with van der Waals surface area (Å²) >= 11 is 0. The second-order valence-electron chi connectivity index (χ2n) is 34.4. The van der Waals surface area contributed by atoms with Gasteiger partial charge in [-0.3, -0.25) is 0 Å². The minimum atomic E-state index is -4.51. The molecule has 0 spiro atoms. The Morgan fingerprint density at radius 1 is 0.130 bits per heavy atom. The minimum absolute atomic E-state index is 0.276. The van der Waals surface area contributed by atoms with Gasteiger partial charge in [0.05, 0.1) is 11.1 Å². The second kappa shape index (κ2) is 36.0. The number of hydrogen-bond acceptors (Lipinski definition) is 0. The molecule has 0 unspecified atom stereocenters. The summed E-state index contributed by atoms with van der Waals surface area (Å²) in [5, 5.41) is 17.3. The van der Waals surface area contributed by atoms with Crippen LogP contribution in [0.5, 0.6) is 0 Å². The number of rotatable bonds is 12. The summed E-state index contributed by atoms with van der Waals surface area (Å²) in [5.74, 6) is -1.24. The Bertz CT molecular complexity index is 8790. The highest BCUT2D eigenvalue weighted by molar-refractivity contribution is 6.38. The molecule has 0 aliphatic rings. The van der Waals surface area contributed by atoms with Crippen LogP contribution in [0.25, 0.3) is 230 Å². The van der Waals surface area contributed by atoms with Crippen LogP contribution in [0.4, 0.5) is 43.9 Å². The van der Waals surface area contributed by atoms with Crippen molar-refractivity contribution >= 4 is 97.0 Å². The molecule has 0 aliphatic heterocycles. The lowest BCUT2D eigenvalue weighted by Gasteiger charge is -2.25. The molecule has 138 heavy (non-hydrogen) atoms. The summed E-state index contributed by atoms with van der Waals surface area (Å²) in [6, 6.07) is 148. The summed E-state index contributed by atoms with van der Waals surface area (Å²) in [6.07, 6.45) is -8.97. The lowest BCUT2D eigenvalue weighted by atomic mass is 9.77. The maximum atomic E-state index is 16.0. The van der Waals surface area contributed by atoms with Crippen molar-refractivity contribution in [1.82, 2.24) is 0 Å². The Morgan fingerprint density at radius 2 is 0.304 bits per heavy atom. The van der Waals surface area contributed by atoms with E-state index in [1.54, 1.807) is 48.5 Å². The average Bonchev–Trinajstić information content (AvgIpc) is 0.701. The quantitative estimate of drug-likeness (QED) is 0.0845. The van der Waals surface area contributed by atoms with Gasteiger partial charge < -0.3 is 0 Å². The number of fused-ring (bicyclic) bond motifs is 9. The maximum Gasteiger partial charge on any atom is 0.416 e. The average molecular weight is 1810 g/mol. The smallest absolute Gasteiger partial charge is 0.207 e. The van der Waals surface area contributed by atoms with E-state index in [1.807, 2.05) is 218 Å². The van der Waals surface area contributed by atoms with E-state index in [2.05, 4.69) is 133 Å². The normalized spacial score (nSPS) is 11.7. The van der Waals surface area contributed by atoms with Gasteiger partial charge in [-0.05, 0) is 286 Å². The van der Waals surface area contributed by atoms with Crippen LogP contribution in [0.1, 0.15) is 11.1 Å². The van der Waals surface area contributed by atoms with Crippen molar-refractivity contribution in [2.45, 2.75) is 12.4 Å². The van der Waals surface area contributed by atoms with Crippen molar-refractivity contribution in [2.75, 3.05) is 0 Å². The SMILES string of the molecule is Fc1ccc(-c2c3ccccc3c(-c3ccc(C(F)(F)F)cc3)c3c(-c4ccccc4)c4ccccc4c(-c4ccccc4)c23)cc1.Fc1ccc(-c2c3ccccc3c(-c3cccc(C(F)(F)F)c3)c3c(-c4ccccc4)c4ccccc4c(-c4ccccc4)c23)cc1.Fc1ccc(-c2c3ccccc3c(-c3ccccc3F)c3c(-c4ccccc4)c4ccccc4c(-c4ccccc4)c23)cc1. The van der Waals surface area contributed by atoms with Gasteiger partial charge in [-0.15, -0.1) is 0 Å².